The fraction of sp³-hybridized carbons (Fsp3) is 0.533. The van der Waals surface area contributed by atoms with Crippen molar-refractivity contribution in [1.82, 2.24) is 35.8 Å². The molecule has 0 radical (unpaired) electrons. The van der Waals surface area contributed by atoms with Crippen LogP contribution < -0.4 is 26.5 Å². The molecule has 2 heterocycles. The van der Waals surface area contributed by atoms with Crippen LogP contribution in [0.2, 0.25) is 0 Å². The molecule has 2 atom stereocenters. The average Bonchev–Trinajstić information content (AvgIpc) is 3.78. The fourth-order valence-electron chi connectivity index (χ4n) is 8.46. The van der Waals surface area contributed by atoms with Gasteiger partial charge in [-0.2, -0.15) is 0 Å². The SMILES string of the molecule is CC(CC(=O)N(CC(=O)NO)CC1CCC1)CN(C(=O)Nc1cc(F)ccc1N1CCCC1)N(CC(C)CC(=O)N(CC(=O)NO)CC1CCC1)C(=O)Nc1cccc2cccnc12. The maximum absolute atomic E-state index is 14.9. The molecular weight excluding hydrogens is 828 g/mol. The number of hydrogen-bond acceptors (Lipinski definition) is 10. The predicted molar refractivity (Wildman–Crippen MR) is 236 cm³/mol. The first-order valence-corrected chi connectivity index (χ1v) is 22.3. The van der Waals surface area contributed by atoms with Gasteiger partial charge in [0.15, 0.2) is 0 Å². The third-order valence-electron chi connectivity index (χ3n) is 12.3. The maximum atomic E-state index is 14.9. The molecule has 2 aromatic carbocycles. The van der Waals surface area contributed by atoms with Crippen molar-refractivity contribution in [2.45, 2.75) is 78.1 Å². The number of para-hydroxylation sites is 1. The number of amides is 8. The number of nitrogens with one attached hydrogen (secondary N) is 4. The van der Waals surface area contributed by atoms with Crippen molar-refractivity contribution in [3.63, 3.8) is 0 Å². The normalized spacial score (nSPS) is 15.9. The summed E-state index contributed by atoms with van der Waals surface area (Å²) in [5.74, 6) is -3.69. The smallest absolute Gasteiger partial charge is 0.340 e. The third-order valence-corrected chi connectivity index (χ3v) is 12.3. The van der Waals surface area contributed by atoms with Crippen molar-refractivity contribution >= 4 is 63.7 Å². The van der Waals surface area contributed by atoms with Crippen molar-refractivity contribution < 1.29 is 43.6 Å². The lowest BCUT2D eigenvalue weighted by molar-refractivity contribution is -0.141. The summed E-state index contributed by atoms with van der Waals surface area (Å²) in [5, 5.41) is 27.4. The summed E-state index contributed by atoms with van der Waals surface area (Å²) in [4.78, 5) is 91.4. The first-order valence-electron chi connectivity index (χ1n) is 22.3. The number of pyridine rings is 1. The first kappa shape index (κ1) is 47.4. The lowest BCUT2D eigenvalue weighted by Crippen LogP contribution is -2.56. The van der Waals surface area contributed by atoms with E-state index in [2.05, 4.69) is 15.6 Å². The van der Waals surface area contributed by atoms with Gasteiger partial charge >= 0.3 is 12.1 Å². The van der Waals surface area contributed by atoms with E-state index < -0.39 is 41.5 Å². The van der Waals surface area contributed by atoms with Gasteiger partial charge in [0.25, 0.3) is 11.8 Å². The van der Waals surface area contributed by atoms with E-state index in [4.69, 9.17) is 0 Å². The van der Waals surface area contributed by atoms with Gasteiger partial charge < -0.3 is 25.3 Å². The van der Waals surface area contributed by atoms with Gasteiger partial charge in [-0.15, -0.1) is 0 Å². The molecule has 2 saturated carbocycles. The average molecular weight is 889 g/mol. The standard InChI is InChI=1S/C45H61FN10O8/c1-30(21-41(59)53(28-39(57)50-63)26-32-9-5-10-32)24-55(44(61)48-36-15-7-13-34-14-8-18-47-43(34)36)56(45(62)49-37-23-35(46)16-17-38(37)52-19-3-4-20-52)25-31(2)22-42(60)54(29-40(58)51-64)27-33-11-6-12-33/h7-8,13-18,23,30-33,63-64H,3-6,9-12,19-22,24-29H2,1-2H3,(H,48,61)(H,49,62)(H,50,57)(H,51,58). The molecule has 0 bridgehead atoms. The zero-order valence-electron chi connectivity index (χ0n) is 36.6. The molecule has 1 saturated heterocycles. The zero-order valence-corrected chi connectivity index (χ0v) is 36.6. The molecule has 346 valence electrons. The molecule has 19 heteroatoms. The molecule has 3 aliphatic rings. The van der Waals surface area contributed by atoms with Crippen molar-refractivity contribution in [3.05, 3.63) is 60.5 Å². The summed E-state index contributed by atoms with van der Waals surface area (Å²) >= 11 is 0. The number of urea groups is 2. The largest absolute Gasteiger partial charge is 0.370 e. The molecule has 1 aliphatic heterocycles. The highest BCUT2D eigenvalue weighted by Gasteiger charge is 2.34. The van der Waals surface area contributed by atoms with Crippen LogP contribution in [0.1, 0.15) is 78.1 Å². The zero-order chi connectivity index (χ0) is 45.8. The minimum absolute atomic E-state index is 0.138. The number of hydrazine groups is 1. The van der Waals surface area contributed by atoms with Crippen LogP contribution in [-0.4, -0.2) is 123 Å². The van der Waals surface area contributed by atoms with Crippen molar-refractivity contribution in [3.8, 4) is 0 Å². The Morgan fingerprint density at radius 1 is 0.719 bits per heavy atom. The molecule has 8 amide bonds. The molecule has 2 aliphatic carbocycles. The first-order chi connectivity index (χ1) is 30.8. The Hall–Kier alpha value is -6.08. The molecule has 1 aromatic heterocycles. The van der Waals surface area contributed by atoms with Gasteiger partial charge in [0, 0.05) is 63.7 Å². The molecule has 64 heavy (non-hydrogen) atoms. The Balaban J connectivity index is 1.33. The summed E-state index contributed by atoms with van der Waals surface area (Å²) in [6.07, 6.45) is 8.76. The maximum Gasteiger partial charge on any atom is 0.340 e. The molecular formula is C45H61FN10O8. The molecule has 3 aromatic rings. The lowest BCUT2D eigenvalue weighted by Gasteiger charge is -2.38. The van der Waals surface area contributed by atoms with E-state index in [0.29, 0.717) is 43.1 Å². The molecule has 18 nitrogen and oxygen atoms in total. The van der Waals surface area contributed by atoms with Crippen molar-refractivity contribution in [1.29, 1.82) is 0 Å². The van der Waals surface area contributed by atoms with Crippen LogP contribution in [0.5, 0.6) is 0 Å². The summed E-state index contributed by atoms with van der Waals surface area (Å²) in [5.41, 5.74) is 4.80. The number of nitrogens with zero attached hydrogens (tertiary/aromatic N) is 6. The van der Waals surface area contributed by atoms with Crippen LogP contribution in [0, 0.1) is 29.5 Å². The van der Waals surface area contributed by atoms with E-state index in [-0.39, 0.29) is 68.4 Å². The Labute approximate surface area is 372 Å². The number of aromatic nitrogens is 1. The highest BCUT2D eigenvalue weighted by atomic mass is 19.1. The molecule has 3 fully saturated rings. The van der Waals surface area contributed by atoms with E-state index >= 15 is 0 Å². The molecule has 2 unspecified atom stereocenters. The minimum atomic E-state index is -0.813. The topological polar surface area (TPSA) is 220 Å². The lowest BCUT2D eigenvalue weighted by atomic mass is 9.85. The van der Waals surface area contributed by atoms with Crippen LogP contribution in [-0.2, 0) is 19.2 Å². The number of benzene rings is 2. The molecule has 6 rings (SSSR count). The van der Waals surface area contributed by atoms with Crippen LogP contribution >= 0.6 is 0 Å². The van der Waals surface area contributed by atoms with Crippen LogP contribution in [0.25, 0.3) is 10.9 Å². The number of anilines is 3. The summed E-state index contributed by atoms with van der Waals surface area (Å²) in [7, 11) is 0. The fourth-order valence-corrected chi connectivity index (χ4v) is 8.46. The van der Waals surface area contributed by atoms with Crippen LogP contribution in [0.4, 0.5) is 31.0 Å². The van der Waals surface area contributed by atoms with E-state index in [9.17, 15) is 43.6 Å². The van der Waals surface area contributed by atoms with Gasteiger partial charge in [0.2, 0.25) is 11.8 Å². The number of hydrogen-bond donors (Lipinski definition) is 6. The Bertz CT molecular complexity index is 2130. The monoisotopic (exact) mass is 888 g/mol. The van der Waals surface area contributed by atoms with Gasteiger partial charge in [-0.1, -0.05) is 44.9 Å². The van der Waals surface area contributed by atoms with E-state index in [1.165, 1.54) is 26.9 Å². The Morgan fingerprint density at radius 3 is 1.73 bits per heavy atom. The number of rotatable bonds is 19. The van der Waals surface area contributed by atoms with Gasteiger partial charge in [-0.3, -0.25) is 34.6 Å². The second kappa shape index (κ2) is 22.5. The van der Waals surface area contributed by atoms with E-state index in [1.807, 2.05) is 17.0 Å². The van der Waals surface area contributed by atoms with E-state index in [1.54, 1.807) is 55.3 Å². The van der Waals surface area contributed by atoms with Gasteiger partial charge in [0.05, 0.1) is 22.6 Å². The highest BCUT2D eigenvalue weighted by molar-refractivity contribution is 6.01. The number of carbonyl (C=O) groups is 6. The second-order valence-electron chi connectivity index (χ2n) is 17.6. The number of fused-ring (bicyclic) bond motifs is 1. The number of halogens is 1. The Morgan fingerprint density at radius 2 is 1.23 bits per heavy atom. The van der Waals surface area contributed by atoms with Gasteiger partial charge in [0.1, 0.15) is 18.9 Å². The molecule has 6 N–H and O–H groups in total. The highest BCUT2D eigenvalue weighted by Crippen LogP contribution is 2.32. The number of hydroxylamine groups is 2. The van der Waals surface area contributed by atoms with Gasteiger partial charge in [-0.25, -0.2) is 35.0 Å². The van der Waals surface area contributed by atoms with Crippen LogP contribution in [0.15, 0.2) is 54.7 Å². The van der Waals surface area contributed by atoms with Crippen LogP contribution in [0.3, 0.4) is 0 Å². The minimum Gasteiger partial charge on any atom is -0.370 e. The van der Waals surface area contributed by atoms with Crippen molar-refractivity contribution in [2.75, 3.05) is 67.9 Å². The van der Waals surface area contributed by atoms with Gasteiger partial charge in [-0.05, 0) is 92.5 Å². The summed E-state index contributed by atoms with van der Waals surface area (Å²) < 4.78 is 14.9. The second-order valence-corrected chi connectivity index (χ2v) is 17.6. The number of carbonyl (C=O) groups excluding carboxylic acids is 6. The Kier molecular flexibility index (Phi) is 16.7. The van der Waals surface area contributed by atoms with Crippen molar-refractivity contribution in [2.24, 2.45) is 23.7 Å². The quantitative estimate of drug-likeness (QED) is 0.0649. The summed E-state index contributed by atoms with van der Waals surface area (Å²) in [6, 6.07) is 11.4. The predicted octanol–water partition coefficient (Wildman–Crippen LogP) is 5.58. The van der Waals surface area contributed by atoms with E-state index in [0.717, 1.165) is 61.8 Å². The molecule has 0 spiro atoms. The summed E-state index contributed by atoms with van der Waals surface area (Å²) in [6.45, 7) is 4.34. The third kappa shape index (κ3) is 12.8.